The topological polar surface area (TPSA) is 56.7 Å². The van der Waals surface area contributed by atoms with Crippen LogP contribution in [-0.2, 0) is 0 Å². The molecule has 0 atom stereocenters. The van der Waals surface area contributed by atoms with Gasteiger partial charge in [0, 0.05) is 32.7 Å². The van der Waals surface area contributed by atoms with Crippen LogP contribution in [0.5, 0.6) is 0 Å². The second-order valence-electron chi connectivity index (χ2n) is 12.4. The van der Waals surface area contributed by atoms with E-state index in [0.717, 1.165) is 44.1 Å². The Bertz CT molecular complexity index is 2860. The molecule has 0 saturated carbocycles. The van der Waals surface area contributed by atoms with E-state index in [4.69, 9.17) is 19.4 Å². The molecule has 10 aromatic rings. The molecule has 222 valence electrons. The number of furan rings is 1. The third kappa shape index (κ3) is 3.42. The Labute approximate surface area is 274 Å². The molecule has 0 bridgehead atoms. The average Bonchev–Trinajstić information content (AvgIpc) is 3.67. The normalized spacial score (nSPS) is 12.2. The van der Waals surface area contributed by atoms with Crippen molar-refractivity contribution < 1.29 is 4.42 Å². The van der Waals surface area contributed by atoms with E-state index >= 15 is 0 Å². The summed E-state index contributed by atoms with van der Waals surface area (Å²) in [7, 11) is 0. The van der Waals surface area contributed by atoms with Gasteiger partial charge in [-0.3, -0.25) is 4.57 Å². The van der Waals surface area contributed by atoms with Crippen LogP contribution in [0.2, 0.25) is 0 Å². The highest BCUT2D eigenvalue weighted by Crippen LogP contribution is 2.49. The van der Waals surface area contributed by atoms with Crippen LogP contribution in [0.4, 0.5) is 0 Å². The fourth-order valence-corrected chi connectivity index (χ4v) is 7.82. The quantitative estimate of drug-likeness (QED) is 0.199. The number of benzene rings is 7. The van der Waals surface area contributed by atoms with Crippen molar-refractivity contribution in [2.24, 2.45) is 0 Å². The second-order valence-corrected chi connectivity index (χ2v) is 12.4. The van der Waals surface area contributed by atoms with Crippen LogP contribution >= 0.6 is 0 Å². The lowest BCUT2D eigenvalue weighted by Crippen LogP contribution is -2.06. The van der Waals surface area contributed by atoms with Crippen LogP contribution in [0.25, 0.3) is 105 Å². The maximum atomic E-state index is 6.27. The lowest BCUT2D eigenvalue weighted by atomic mass is 9.93. The SMILES string of the molecule is c1ccc(-c2nc(-c3cccc4oc5ccccc5c34)nc(-n3c4cccc5c4c4c(cccc43)-c3cccc4cccc-5c34)n2)cc1. The van der Waals surface area contributed by atoms with Crippen molar-refractivity contribution in [3.05, 3.63) is 146 Å². The van der Waals surface area contributed by atoms with Crippen molar-refractivity contribution in [3.63, 3.8) is 0 Å². The van der Waals surface area contributed by atoms with Crippen molar-refractivity contribution in [1.82, 2.24) is 19.5 Å². The van der Waals surface area contributed by atoms with Gasteiger partial charge in [-0.05, 0) is 57.3 Å². The number of nitrogens with zero attached hydrogens (tertiary/aromatic N) is 4. The Balaban J connectivity index is 1.27. The Morgan fingerprint density at radius 3 is 1.69 bits per heavy atom. The minimum atomic E-state index is 0.574. The molecule has 3 aromatic heterocycles. The molecule has 0 saturated heterocycles. The fraction of sp³-hybridized carbons (Fsp3) is 0. The molecule has 5 heteroatoms. The van der Waals surface area contributed by atoms with Crippen molar-refractivity contribution in [2.45, 2.75) is 0 Å². The summed E-state index contributed by atoms with van der Waals surface area (Å²) >= 11 is 0. The molecule has 3 heterocycles. The van der Waals surface area contributed by atoms with Crippen molar-refractivity contribution >= 4 is 54.5 Å². The summed E-state index contributed by atoms with van der Waals surface area (Å²) in [5.41, 5.74) is 10.5. The molecule has 5 nitrogen and oxygen atoms in total. The van der Waals surface area contributed by atoms with Crippen LogP contribution in [0.3, 0.4) is 0 Å². The number of hydrogen-bond donors (Lipinski definition) is 0. The van der Waals surface area contributed by atoms with Crippen LogP contribution < -0.4 is 0 Å². The minimum absolute atomic E-state index is 0.574. The first-order chi connectivity index (χ1) is 23.8. The Morgan fingerprint density at radius 1 is 0.396 bits per heavy atom. The van der Waals surface area contributed by atoms with E-state index in [-0.39, 0.29) is 0 Å². The van der Waals surface area contributed by atoms with Crippen LogP contribution in [0.15, 0.2) is 150 Å². The molecule has 0 fully saturated rings. The highest BCUT2D eigenvalue weighted by Gasteiger charge is 2.26. The van der Waals surface area contributed by atoms with Gasteiger partial charge in [0.2, 0.25) is 5.95 Å². The lowest BCUT2D eigenvalue weighted by Gasteiger charge is -2.14. The van der Waals surface area contributed by atoms with E-state index in [1.54, 1.807) is 0 Å². The predicted octanol–water partition coefficient (Wildman–Crippen LogP) is 11.0. The van der Waals surface area contributed by atoms with Gasteiger partial charge in [0.15, 0.2) is 11.6 Å². The summed E-state index contributed by atoms with van der Waals surface area (Å²) in [5.74, 6) is 1.79. The van der Waals surface area contributed by atoms with Gasteiger partial charge in [0.1, 0.15) is 11.2 Å². The molecule has 0 aliphatic heterocycles. The van der Waals surface area contributed by atoms with Gasteiger partial charge in [0.25, 0.3) is 0 Å². The maximum absolute atomic E-state index is 6.27. The average molecular weight is 613 g/mol. The molecule has 0 amide bonds. The molecule has 7 aromatic carbocycles. The van der Waals surface area contributed by atoms with E-state index in [9.17, 15) is 0 Å². The van der Waals surface area contributed by atoms with Crippen molar-refractivity contribution in [2.75, 3.05) is 0 Å². The van der Waals surface area contributed by atoms with E-state index in [1.165, 1.54) is 43.8 Å². The molecule has 0 unspecified atom stereocenters. The molecule has 1 aliphatic carbocycles. The zero-order valence-electron chi connectivity index (χ0n) is 25.6. The van der Waals surface area contributed by atoms with Gasteiger partial charge in [-0.25, -0.2) is 4.98 Å². The van der Waals surface area contributed by atoms with Crippen molar-refractivity contribution in [3.8, 4) is 51.0 Å². The van der Waals surface area contributed by atoms with Gasteiger partial charge < -0.3 is 4.42 Å². The van der Waals surface area contributed by atoms with E-state index in [2.05, 4.69) is 102 Å². The molecule has 0 N–H and O–H groups in total. The van der Waals surface area contributed by atoms with Gasteiger partial charge in [-0.1, -0.05) is 121 Å². The highest BCUT2D eigenvalue weighted by molar-refractivity contribution is 6.27. The summed E-state index contributed by atoms with van der Waals surface area (Å²) in [6.07, 6.45) is 0. The minimum Gasteiger partial charge on any atom is -0.456 e. The molecule has 1 aliphatic rings. The van der Waals surface area contributed by atoms with Crippen LogP contribution in [-0.4, -0.2) is 19.5 Å². The summed E-state index contributed by atoms with van der Waals surface area (Å²) in [4.78, 5) is 15.6. The van der Waals surface area contributed by atoms with Gasteiger partial charge in [-0.2, -0.15) is 9.97 Å². The van der Waals surface area contributed by atoms with E-state index < -0.39 is 0 Å². The molecule has 48 heavy (non-hydrogen) atoms. The number of rotatable bonds is 3. The monoisotopic (exact) mass is 612 g/mol. The zero-order chi connectivity index (χ0) is 31.3. The maximum Gasteiger partial charge on any atom is 0.238 e. The second kappa shape index (κ2) is 9.47. The Kier molecular flexibility index (Phi) is 5.05. The van der Waals surface area contributed by atoms with E-state index in [0.29, 0.717) is 17.6 Å². The summed E-state index contributed by atoms with van der Waals surface area (Å²) in [5, 5.41) is 6.98. The predicted molar refractivity (Wildman–Crippen MR) is 194 cm³/mol. The summed E-state index contributed by atoms with van der Waals surface area (Å²) < 4.78 is 8.49. The van der Waals surface area contributed by atoms with Gasteiger partial charge >= 0.3 is 0 Å². The van der Waals surface area contributed by atoms with E-state index in [1.807, 2.05) is 48.5 Å². The first-order valence-corrected chi connectivity index (χ1v) is 16.1. The first-order valence-electron chi connectivity index (χ1n) is 16.1. The van der Waals surface area contributed by atoms with Crippen LogP contribution in [0, 0.1) is 0 Å². The fourth-order valence-electron chi connectivity index (χ4n) is 7.82. The molecule has 0 spiro atoms. The third-order valence-electron chi connectivity index (χ3n) is 9.80. The highest BCUT2D eigenvalue weighted by atomic mass is 16.3. The number of fused-ring (bicyclic) bond motifs is 5. The Morgan fingerprint density at radius 2 is 0.958 bits per heavy atom. The summed E-state index contributed by atoms with van der Waals surface area (Å²) in [6, 6.07) is 50.8. The standard InChI is InChI=1S/C43H24N4O/c1-2-11-26(12-3-1)41-44-42(32-20-10-24-36-38(32)31-15-4-5-23-35(31)48-36)46-43(45-41)47-33-21-8-18-29-27-16-6-13-25-14-7-17-28(37(25)27)30-19-9-22-34(47)40(30)39(29)33/h1-24H. The Hall–Kier alpha value is -6.59. The number of hydrogen-bond acceptors (Lipinski definition) is 4. The molecule has 0 radical (unpaired) electrons. The largest absolute Gasteiger partial charge is 0.456 e. The number of aromatic nitrogens is 4. The first kappa shape index (κ1) is 25.6. The third-order valence-corrected chi connectivity index (χ3v) is 9.80. The summed E-state index contributed by atoms with van der Waals surface area (Å²) in [6.45, 7) is 0. The molecular weight excluding hydrogens is 589 g/mol. The molecule has 11 rings (SSSR count). The van der Waals surface area contributed by atoms with Gasteiger partial charge in [-0.15, -0.1) is 0 Å². The smallest absolute Gasteiger partial charge is 0.238 e. The number of para-hydroxylation sites is 1. The van der Waals surface area contributed by atoms with Crippen LogP contribution in [0.1, 0.15) is 0 Å². The molecular formula is C43H24N4O. The van der Waals surface area contributed by atoms with Crippen molar-refractivity contribution in [1.29, 1.82) is 0 Å². The van der Waals surface area contributed by atoms with Gasteiger partial charge in [0.05, 0.1) is 11.0 Å². The lowest BCUT2D eigenvalue weighted by molar-refractivity contribution is 0.669. The zero-order valence-corrected chi connectivity index (χ0v) is 25.6.